The van der Waals surface area contributed by atoms with Crippen LogP contribution in [0.2, 0.25) is 5.02 Å². The summed E-state index contributed by atoms with van der Waals surface area (Å²) < 4.78 is 0. The Bertz CT molecular complexity index is 1210. The van der Waals surface area contributed by atoms with Crippen LogP contribution in [0.25, 0.3) is 0 Å². The Morgan fingerprint density at radius 1 is 0.969 bits per heavy atom. The summed E-state index contributed by atoms with van der Waals surface area (Å²) in [4.78, 5) is 50.5. The summed E-state index contributed by atoms with van der Waals surface area (Å²) in [6, 6.07) is 17.3. The number of carbonyl (C=O) groups is 3. The van der Waals surface area contributed by atoms with Crippen LogP contribution >= 0.6 is 11.6 Å². The molecule has 8 nitrogen and oxygen atoms in total. The molecule has 32 heavy (non-hydrogen) atoms. The number of carbonyl (C=O) groups excluding carboxylic acids is 3. The molecule has 0 saturated carbocycles. The van der Waals surface area contributed by atoms with Crippen molar-refractivity contribution in [1.29, 1.82) is 0 Å². The first-order valence-electron chi connectivity index (χ1n) is 9.62. The van der Waals surface area contributed by atoms with Gasteiger partial charge in [0.15, 0.2) is 0 Å². The van der Waals surface area contributed by atoms with Gasteiger partial charge in [-0.25, -0.2) is 0 Å². The number of nitrogens with one attached hydrogen (secondary N) is 1. The van der Waals surface area contributed by atoms with Crippen LogP contribution in [0, 0.1) is 10.1 Å². The van der Waals surface area contributed by atoms with Gasteiger partial charge in [0, 0.05) is 29.3 Å². The van der Waals surface area contributed by atoms with Crippen molar-refractivity contribution in [2.24, 2.45) is 0 Å². The quantitative estimate of drug-likeness (QED) is 0.346. The molecule has 0 fully saturated rings. The van der Waals surface area contributed by atoms with E-state index < -0.39 is 28.7 Å². The molecule has 160 valence electrons. The van der Waals surface area contributed by atoms with Gasteiger partial charge in [0.25, 0.3) is 17.5 Å². The number of nitro groups is 1. The Morgan fingerprint density at radius 2 is 1.59 bits per heavy atom. The number of non-ortho nitro benzene ring substituents is 1. The lowest BCUT2D eigenvalue weighted by atomic mass is 10.0. The normalized spacial score (nSPS) is 13.6. The van der Waals surface area contributed by atoms with E-state index in [0.717, 1.165) is 4.90 Å². The second-order valence-corrected chi connectivity index (χ2v) is 7.61. The van der Waals surface area contributed by atoms with Gasteiger partial charge in [0.05, 0.1) is 16.1 Å². The summed E-state index contributed by atoms with van der Waals surface area (Å²) in [5, 5.41) is 14.0. The van der Waals surface area contributed by atoms with Gasteiger partial charge in [0.1, 0.15) is 6.04 Å². The molecule has 1 unspecified atom stereocenters. The van der Waals surface area contributed by atoms with Crippen molar-refractivity contribution in [2.45, 2.75) is 12.5 Å². The van der Waals surface area contributed by atoms with Crippen LogP contribution in [0.1, 0.15) is 26.3 Å². The third-order valence-corrected chi connectivity index (χ3v) is 5.34. The summed E-state index contributed by atoms with van der Waals surface area (Å²) in [5.74, 6) is -1.72. The topological polar surface area (TPSA) is 110 Å². The van der Waals surface area contributed by atoms with Gasteiger partial charge in [-0.05, 0) is 42.0 Å². The number of nitro benzene ring substituents is 1. The number of anilines is 1. The lowest BCUT2D eigenvalue weighted by molar-refractivity contribution is -0.384. The first-order valence-corrected chi connectivity index (χ1v) is 9.99. The van der Waals surface area contributed by atoms with Crippen LogP contribution in [-0.2, 0) is 11.2 Å². The number of nitrogens with zero attached hydrogens (tertiary/aromatic N) is 2. The van der Waals surface area contributed by atoms with Crippen molar-refractivity contribution >= 4 is 40.7 Å². The van der Waals surface area contributed by atoms with E-state index in [2.05, 4.69) is 5.32 Å². The average molecular weight is 450 g/mol. The van der Waals surface area contributed by atoms with Gasteiger partial charge in [-0.1, -0.05) is 35.9 Å². The zero-order valence-electron chi connectivity index (χ0n) is 16.5. The minimum absolute atomic E-state index is 0.0465. The molecule has 1 N–H and O–H groups in total. The number of hydrogen-bond donors (Lipinski definition) is 1. The molecule has 1 heterocycles. The molecule has 0 aliphatic carbocycles. The molecule has 0 spiro atoms. The number of rotatable bonds is 6. The monoisotopic (exact) mass is 449 g/mol. The molecule has 4 rings (SSSR count). The fourth-order valence-electron chi connectivity index (χ4n) is 3.57. The Labute approximate surface area is 187 Å². The maximum Gasteiger partial charge on any atom is 0.269 e. The van der Waals surface area contributed by atoms with Gasteiger partial charge in [0.2, 0.25) is 5.91 Å². The lowest BCUT2D eigenvalue weighted by Gasteiger charge is -2.25. The Morgan fingerprint density at radius 3 is 2.16 bits per heavy atom. The Kier molecular flexibility index (Phi) is 5.70. The van der Waals surface area contributed by atoms with E-state index in [9.17, 15) is 24.5 Å². The van der Waals surface area contributed by atoms with Gasteiger partial charge in [-0.3, -0.25) is 29.4 Å². The molecular weight excluding hydrogens is 434 g/mol. The first kappa shape index (κ1) is 21.2. The molecule has 1 aliphatic rings. The van der Waals surface area contributed by atoms with E-state index in [1.54, 1.807) is 48.5 Å². The van der Waals surface area contributed by atoms with Crippen LogP contribution in [0.4, 0.5) is 11.4 Å². The zero-order chi connectivity index (χ0) is 22.8. The first-order chi connectivity index (χ1) is 15.3. The van der Waals surface area contributed by atoms with E-state index in [-0.39, 0.29) is 23.2 Å². The molecule has 1 aliphatic heterocycles. The summed E-state index contributed by atoms with van der Waals surface area (Å²) in [6.07, 6.45) is 0.0465. The summed E-state index contributed by atoms with van der Waals surface area (Å²) >= 11 is 6.06. The highest BCUT2D eigenvalue weighted by Gasteiger charge is 2.42. The van der Waals surface area contributed by atoms with Crippen LogP contribution in [0.3, 0.4) is 0 Å². The minimum atomic E-state index is -1.16. The third kappa shape index (κ3) is 4.08. The molecule has 0 radical (unpaired) electrons. The Balaban J connectivity index is 1.66. The molecule has 0 aromatic heterocycles. The lowest BCUT2D eigenvalue weighted by Crippen LogP contribution is -2.48. The maximum atomic E-state index is 13.2. The van der Waals surface area contributed by atoms with E-state index in [4.69, 9.17) is 11.6 Å². The van der Waals surface area contributed by atoms with Crippen molar-refractivity contribution < 1.29 is 19.3 Å². The maximum absolute atomic E-state index is 13.2. The van der Waals surface area contributed by atoms with Crippen molar-refractivity contribution in [1.82, 2.24) is 4.90 Å². The Hall–Kier alpha value is -4.04. The second-order valence-electron chi connectivity index (χ2n) is 7.17. The fraction of sp³-hybridized carbons (Fsp3) is 0.0870. The summed E-state index contributed by atoms with van der Waals surface area (Å²) in [6.45, 7) is 0. The second kappa shape index (κ2) is 8.60. The molecule has 1 atom stereocenters. The van der Waals surface area contributed by atoms with Crippen LogP contribution in [-0.4, -0.2) is 33.6 Å². The van der Waals surface area contributed by atoms with Crippen LogP contribution in [0.15, 0.2) is 72.8 Å². The molecule has 9 heteroatoms. The van der Waals surface area contributed by atoms with E-state index in [1.807, 2.05) is 0 Å². The smallest absolute Gasteiger partial charge is 0.269 e. The largest absolute Gasteiger partial charge is 0.324 e. The standard InChI is InChI=1S/C23H16ClN3O5/c24-15-5-3-4-14(12-15)13-20(21(28)25-16-8-10-17(11-9-16)27(31)32)26-22(29)18-6-1-2-7-19(18)23(26)30/h1-12,20H,13H2,(H,25,28). The summed E-state index contributed by atoms with van der Waals surface area (Å²) in [7, 11) is 0. The number of fused-ring (bicyclic) bond motifs is 1. The molecule has 3 amide bonds. The van der Waals surface area contributed by atoms with Gasteiger partial charge >= 0.3 is 0 Å². The van der Waals surface area contributed by atoms with E-state index >= 15 is 0 Å². The highest BCUT2D eigenvalue weighted by atomic mass is 35.5. The van der Waals surface area contributed by atoms with Gasteiger partial charge in [-0.15, -0.1) is 0 Å². The van der Waals surface area contributed by atoms with Crippen molar-refractivity contribution in [3.05, 3.63) is 105 Å². The molecule has 3 aromatic rings. The third-order valence-electron chi connectivity index (χ3n) is 5.10. The molecule has 3 aromatic carbocycles. The molecule has 0 saturated heterocycles. The predicted molar refractivity (Wildman–Crippen MR) is 118 cm³/mol. The van der Waals surface area contributed by atoms with E-state index in [1.165, 1.54) is 24.3 Å². The molecular formula is C23H16ClN3O5. The zero-order valence-corrected chi connectivity index (χ0v) is 17.3. The highest BCUT2D eigenvalue weighted by molar-refractivity contribution is 6.30. The van der Waals surface area contributed by atoms with Crippen molar-refractivity contribution in [2.75, 3.05) is 5.32 Å². The number of benzene rings is 3. The highest BCUT2D eigenvalue weighted by Crippen LogP contribution is 2.27. The van der Waals surface area contributed by atoms with E-state index in [0.29, 0.717) is 16.3 Å². The van der Waals surface area contributed by atoms with Crippen molar-refractivity contribution in [3.8, 4) is 0 Å². The van der Waals surface area contributed by atoms with Crippen LogP contribution < -0.4 is 5.32 Å². The number of imide groups is 1. The van der Waals surface area contributed by atoms with Crippen LogP contribution in [0.5, 0.6) is 0 Å². The number of amides is 3. The number of halogens is 1. The van der Waals surface area contributed by atoms with Crippen molar-refractivity contribution in [3.63, 3.8) is 0 Å². The molecule has 0 bridgehead atoms. The average Bonchev–Trinajstić information content (AvgIpc) is 3.03. The summed E-state index contributed by atoms with van der Waals surface area (Å²) in [5.41, 5.74) is 1.30. The number of hydrogen-bond acceptors (Lipinski definition) is 5. The van der Waals surface area contributed by atoms with Gasteiger partial charge in [-0.2, -0.15) is 0 Å². The fourth-order valence-corrected chi connectivity index (χ4v) is 3.78. The predicted octanol–water partition coefficient (Wildman–Crippen LogP) is 4.09. The van der Waals surface area contributed by atoms with Gasteiger partial charge < -0.3 is 5.32 Å². The SMILES string of the molecule is O=C(Nc1ccc([N+](=O)[O-])cc1)C(Cc1cccc(Cl)c1)N1C(=O)c2ccccc2C1=O. The minimum Gasteiger partial charge on any atom is -0.324 e.